The number of imide groups is 1. The van der Waals surface area contributed by atoms with Crippen LogP contribution < -0.4 is 11.1 Å². The summed E-state index contributed by atoms with van der Waals surface area (Å²) in [6.07, 6.45) is 2.54. The molecule has 1 atom stereocenters. The molecule has 0 aliphatic carbocycles. The third-order valence-electron chi connectivity index (χ3n) is 2.97. The monoisotopic (exact) mass is 243 g/mol. The van der Waals surface area contributed by atoms with Crippen LogP contribution in [0.4, 0.5) is 4.79 Å². The van der Waals surface area contributed by atoms with E-state index >= 15 is 0 Å². The predicted octanol–water partition coefficient (Wildman–Crippen LogP) is -0.0702. The molecule has 1 aliphatic heterocycles. The number of methoxy groups -OCH3 is 1. The van der Waals surface area contributed by atoms with Gasteiger partial charge in [-0.05, 0) is 38.3 Å². The van der Waals surface area contributed by atoms with E-state index in [9.17, 15) is 9.59 Å². The quantitative estimate of drug-likeness (QED) is 0.722. The molecule has 1 unspecified atom stereocenters. The normalized spacial score (nSPS) is 20.9. The Morgan fingerprint density at radius 2 is 2.29 bits per heavy atom. The van der Waals surface area contributed by atoms with E-state index in [-0.39, 0.29) is 12.5 Å². The molecular weight excluding hydrogens is 222 g/mol. The Labute approximate surface area is 101 Å². The van der Waals surface area contributed by atoms with Crippen molar-refractivity contribution in [1.82, 2.24) is 10.2 Å². The van der Waals surface area contributed by atoms with Crippen LogP contribution in [-0.4, -0.2) is 50.2 Å². The van der Waals surface area contributed by atoms with E-state index in [0.29, 0.717) is 12.5 Å². The van der Waals surface area contributed by atoms with E-state index < -0.39 is 6.09 Å². The largest absolute Gasteiger partial charge is 0.453 e. The van der Waals surface area contributed by atoms with Crippen molar-refractivity contribution in [3.63, 3.8) is 0 Å². The number of hydrogen-bond acceptors (Lipinski definition) is 5. The van der Waals surface area contributed by atoms with E-state index in [1.807, 2.05) is 0 Å². The van der Waals surface area contributed by atoms with E-state index in [1.54, 1.807) is 0 Å². The minimum Gasteiger partial charge on any atom is -0.453 e. The summed E-state index contributed by atoms with van der Waals surface area (Å²) in [4.78, 5) is 24.4. The maximum atomic E-state index is 11.5. The molecular formula is C11H21N3O3. The molecule has 1 aliphatic rings. The molecule has 1 rings (SSSR count). The molecule has 2 amide bonds. The van der Waals surface area contributed by atoms with Crippen molar-refractivity contribution in [1.29, 1.82) is 0 Å². The maximum Gasteiger partial charge on any atom is 0.413 e. The summed E-state index contributed by atoms with van der Waals surface area (Å²) < 4.78 is 4.36. The molecule has 0 radical (unpaired) electrons. The zero-order chi connectivity index (χ0) is 12.7. The number of nitrogens with two attached hydrogens (primary N) is 1. The first-order valence-electron chi connectivity index (χ1n) is 5.96. The molecule has 0 aromatic heterocycles. The van der Waals surface area contributed by atoms with Gasteiger partial charge in [0, 0.05) is 6.54 Å². The van der Waals surface area contributed by atoms with Gasteiger partial charge in [0.2, 0.25) is 5.91 Å². The zero-order valence-electron chi connectivity index (χ0n) is 10.3. The average molecular weight is 243 g/mol. The van der Waals surface area contributed by atoms with Gasteiger partial charge in [0.05, 0.1) is 13.7 Å². The summed E-state index contributed by atoms with van der Waals surface area (Å²) in [6.45, 7) is 2.71. The Morgan fingerprint density at radius 3 is 2.94 bits per heavy atom. The van der Waals surface area contributed by atoms with Gasteiger partial charge in [0.1, 0.15) is 0 Å². The Morgan fingerprint density at radius 1 is 1.53 bits per heavy atom. The third-order valence-corrected chi connectivity index (χ3v) is 2.97. The number of amides is 2. The second-order valence-corrected chi connectivity index (χ2v) is 4.36. The standard InChI is InChI=1S/C11H21N3O3/c1-17-11(16)13-10(15)8-14-6-2-3-9(7-14)4-5-12/h9H,2-8,12H2,1H3,(H,13,15,16). The summed E-state index contributed by atoms with van der Waals surface area (Å²) in [5, 5.41) is 2.16. The van der Waals surface area contributed by atoms with E-state index in [1.165, 1.54) is 13.5 Å². The molecule has 3 N–H and O–H groups in total. The fourth-order valence-electron chi connectivity index (χ4n) is 2.17. The third kappa shape index (κ3) is 5.14. The molecule has 0 saturated carbocycles. The molecule has 6 heteroatoms. The van der Waals surface area contributed by atoms with E-state index in [0.717, 1.165) is 25.9 Å². The lowest BCUT2D eigenvalue weighted by Crippen LogP contribution is -2.44. The summed E-state index contributed by atoms with van der Waals surface area (Å²) >= 11 is 0. The van der Waals surface area contributed by atoms with Crippen LogP contribution in [0.15, 0.2) is 0 Å². The van der Waals surface area contributed by atoms with Crippen molar-refractivity contribution in [2.75, 3.05) is 33.3 Å². The van der Waals surface area contributed by atoms with Crippen LogP contribution in [0.2, 0.25) is 0 Å². The number of hydrogen-bond donors (Lipinski definition) is 2. The number of carbonyl (C=O) groups is 2. The van der Waals surface area contributed by atoms with Crippen LogP contribution >= 0.6 is 0 Å². The first-order chi connectivity index (χ1) is 8.15. The maximum absolute atomic E-state index is 11.5. The van der Waals surface area contributed by atoms with Gasteiger partial charge in [-0.25, -0.2) is 4.79 Å². The zero-order valence-corrected chi connectivity index (χ0v) is 10.3. The van der Waals surface area contributed by atoms with Crippen LogP contribution in [-0.2, 0) is 9.53 Å². The lowest BCUT2D eigenvalue weighted by atomic mass is 9.95. The highest BCUT2D eigenvalue weighted by molar-refractivity contribution is 5.92. The van der Waals surface area contributed by atoms with Gasteiger partial charge in [-0.2, -0.15) is 0 Å². The van der Waals surface area contributed by atoms with Gasteiger partial charge in [0.25, 0.3) is 0 Å². The summed E-state index contributed by atoms with van der Waals surface area (Å²) in [7, 11) is 1.24. The summed E-state index contributed by atoms with van der Waals surface area (Å²) in [5.74, 6) is 0.255. The summed E-state index contributed by atoms with van der Waals surface area (Å²) in [6, 6.07) is 0. The van der Waals surface area contributed by atoms with Crippen molar-refractivity contribution in [2.45, 2.75) is 19.3 Å². The Hall–Kier alpha value is -1.14. The highest BCUT2D eigenvalue weighted by Crippen LogP contribution is 2.18. The minimum atomic E-state index is -0.703. The number of nitrogens with zero attached hydrogens (tertiary/aromatic N) is 1. The van der Waals surface area contributed by atoms with Gasteiger partial charge in [0.15, 0.2) is 0 Å². The van der Waals surface area contributed by atoms with Gasteiger partial charge in [-0.1, -0.05) is 0 Å². The average Bonchev–Trinajstić information content (AvgIpc) is 2.29. The highest BCUT2D eigenvalue weighted by atomic mass is 16.5. The first kappa shape index (κ1) is 13.9. The van der Waals surface area contributed by atoms with E-state index in [4.69, 9.17) is 5.73 Å². The SMILES string of the molecule is COC(=O)NC(=O)CN1CCCC(CCN)C1. The summed E-state index contributed by atoms with van der Waals surface area (Å²) in [5.41, 5.74) is 5.53. The molecule has 1 heterocycles. The molecule has 0 aromatic rings. The van der Waals surface area contributed by atoms with Crippen LogP contribution in [0.1, 0.15) is 19.3 Å². The minimum absolute atomic E-state index is 0.246. The molecule has 0 aromatic carbocycles. The van der Waals surface area contributed by atoms with Crippen molar-refractivity contribution in [3.8, 4) is 0 Å². The van der Waals surface area contributed by atoms with Crippen LogP contribution in [0.3, 0.4) is 0 Å². The van der Waals surface area contributed by atoms with Gasteiger partial charge >= 0.3 is 6.09 Å². The second kappa shape index (κ2) is 7.24. The van der Waals surface area contributed by atoms with Crippen LogP contribution in [0.25, 0.3) is 0 Å². The van der Waals surface area contributed by atoms with E-state index in [2.05, 4.69) is 15.0 Å². The Kier molecular flexibility index (Phi) is 5.93. The number of rotatable bonds is 4. The molecule has 0 bridgehead atoms. The van der Waals surface area contributed by atoms with Gasteiger partial charge in [-0.15, -0.1) is 0 Å². The van der Waals surface area contributed by atoms with Crippen LogP contribution in [0.5, 0.6) is 0 Å². The number of nitrogens with one attached hydrogen (secondary N) is 1. The van der Waals surface area contributed by atoms with Gasteiger partial charge in [-0.3, -0.25) is 15.0 Å². The topological polar surface area (TPSA) is 84.7 Å². The fourth-order valence-corrected chi connectivity index (χ4v) is 2.17. The van der Waals surface area contributed by atoms with Crippen molar-refractivity contribution < 1.29 is 14.3 Å². The number of likely N-dealkylation sites (tertiary alicyclic amines) is 1. The number of ether oxygens (including phenoxy) is 1. The van der Waals surface area contributed by atoms with Crippen molar-refractivity contribution in [3.05, 3.63) is 0 Å². The number of carbonyl (C=O) groups excluding carboxylic acids is 2. The van der Waals surface area contributed by atoms with Crippen molar-refractivity contribution >= 4 is 12.0 Å². The Balaban J connectivity index is 2.30. The molecule has 6 nitrogen and oxygen atoms in total. The molecule has 17 heavy (non-hydrogen) atoms. The molecule has 98 valence electrons. The Bertz CT molecular complexity index is 269. The molecule has 1 fully saturated rings. The van der Waals surface area contributed by atoms with Crippen molar-refractivity contribution in [2.24, 2.45) is 11.7 Å². The molecule has 1 saturated heterocycles. The number of piperidine rings is 1. The highest BCUT2D eigenvalue weighted by Gasteiger charge is 2.21. The fraction of sp³-hybridized carbons (Fsp3) is 0.818. The van der Waals surface area contributed by atoms with Gasteiger partial charge < -0.3 is 10.5 Å². The first-order valence-corrected chi connectivity index (χ1v) is 5.96. The second-order valence-electron chi connectivity index (χ2n) is 4.36. The number of alkyl carbamates (subject to hydrolysis) is 1. The predicted molar refractivity (Wildman–Crippen MR) is 63.4 cm³/mol. The smallest absolute Gasteiger partial charge is 0.413 e. The lowest BCUT2D eigenvalue weighted by molar-refractivity contribution is -0.121. The molecule has 0 spiro atoms. The lowest BCUT2D eigenvalue weighted by Gasteiger charge is -2.31. The van der Waals surface area contributed by atoms with Crippen LogP contribution in [0, 0.1) is 5.92 Å².